The first-order valence-corrected chi connectivity index (χ1v) is 14.8. The lowest BCUT2D eigenvalue weighted by Gasteiger charge is -2.32. The van der Waals surface area contributed by atoms with E-state index in [1.165, 1.54) is 11.1 Å². The van der Waals surface area contributed by atoms with Crippen molar-refractivity contribution in [3.63, 3.8) is 0 Å². The van der Waals surface area contributed by atoms with E-state index in [1.54, 1.807) is 0 Å². The molecule has 2 aromatic rings. The van der Waals surface area contributed by atoms with Crippen LogP contribution in [0.15, 0.2) is 60.7 Å². The quantitative estimate of drug-likeness (QED) is 0.365. The van der Waals surface area contributed by atoms with Gasteiger partial charge in [-0.3, -0.25) is 0 Å². The Labute approximate surface area is 229 Å². The van der Waals surface area contributed by atoms with Crippen molar-refractivity contribution in [3.05, 3.63) is 71.8 Å². The number of urea groups is 2. The van der Waals surface area contributed by atoms with Crippen LogP contribution in [-0.4, -0.2) is 61.1 Å². The summed E-state index contributed by atoms with van der Waals surface area (Å²) in [6, 6.07) is 21.5. The molecule has 0 atom stereocenters. The average Bonchev–Trinajstić information content (AvgIpc) is 2.96. The minimum absolute atomic E-state index is 0.0861. The highest BCUT2D eigenvalue weighted by Crippen LogP contribution is 2.22. The van der Waals surface area contributed by atoms with Crippen molar-refractivity contribution in [3.8, 4) is 0 Å². The molecule has 0 radical (unpaired) electrons. The van der Waals surface area contributed by atoms with Gasteiger partial charge >= 0.3 is 12.1 Å². The molecule has 0 bridgehead atoms. The summed E-state index contributed by atoms with van der Waals surface area (Å²) in [6.45, 7) is 4.88. The van der Waals surface area contributed by atoms with Crippen LogP contribution in [0.1, 0.15) is 62.5 Å². The van der Waals surface area contributed by atoms with Gasteiger partial charge in [-0.1, -0.05) is 73.5 Å². The van der Waals surface area contributed by atoms with Crippen molar-refractivity contribution in [1.82, 2.24) is 20.4 Å². The van der Waals surface area contributed by atoms with Gasteiger partial charge in [0.05, 0.1) is 0 Å². The molecule has 2 N–H and O–H groups in total. The predicted octanol–water partition coefficient (Wildman–Crippen LogP) is 5.88. The zero-order valence-electron chi connectivity index (χ0n) is 23.0. The summed E-state index contributed by atoms with van der Waals surface area (Å²) >= 11 is 0. The number of hydrogen-bond donors (Lipinski definition) is 2. The maximum absolute atomic E-state index is 12.5. The lowest BCUT2D eigenvalue weighted by Crippen LogP contribution is -2.45. The van der Waals surface area contributed by atoms with Crippen molar-refractivity contribution in [2.24, 2.45) is 11.8 Å². The molecule has 0 saturated carbocycles. The molecule has 206 valence electrons. The smallest absolute Gasteiger partial charge is 0.317 e. The fraction of sp³-hybridized carbons (Fsp3) is 0.562. The molecule has 0 aromatic heterocycles. The molecule has 6 nitrogen and oxygen atoms in total. The number of piperidine rings is 2. The number of carbonyl (C=O) groups excluding carboxylic acids is 2. The molecule has 6 heteroatoms. The molecule has 4 rings (SSSR count). The van der Waals surface area contributed by atoms with Gasteiger partial charge in [0.15, 0.2) is 0 Å². The van der Waals surface area contributed by atoms with Crippen LogP contribution < -0.4 is 10.6 Å². The number of benzene rings is 2. The number of carbonyl (C=O) groups is 2. The number of hydrogen-bond acceptors (Lipinski definition) is 2. The second kappa shape index (κ2) is 15.4. The maximum Gasteiger partial charge on any atom is 0.317 e. The molecule has 2 aliphatic rings. The van der Waals surface area contributed by atoms with Crippen LogP contribution in [0.2, 0.25) is 0 Å². The first-order chi connectivity index (χ1) is 18.7. The topological polar surface area (TPSA) is 64.7 Å². The largest absolute Gasteiger partial charge is 0.338 e. The molecule has 2 saturated heterocycles. The Morgan fingerprint density at radius 3 is 1.32 bits per heavy atom. The Morgan fingerprint density at radius 1 is 0.579 bits per heavy atom. The van der Waals surface area contributed by atoms with E-state index in [4.69, 9.17) is 0 Å². The van der Waals surface area contributed by atoms with E-state index in [2.05, 4.69) is 71.3 Å². The molecule has 38 heavy (non-hydrogen) atoms. The summed E-state index contributed by atoms with van der Waals surface area (Å²) in [5, 5.41) is 6.20. The predicted molar refractivity (Wildman–Crippen MR) is 154 cm³/mol. The highest BCUT2D eigenvalue weighted by molar-refractivity contribution is 5.74. The van der Waals surface area contributed by atoms with E-state index in [0.29, 0.717) is 11.8 Å². The Hall–Kier alpha value is -3.02. The lowest BCUT2D eigenvalue weighted by atomic mass is 9.90. The van der Waals surface area contributed by atoms with Gasteiger partial charge in [0, 0.05) is 39.3 Å². The summed E-state index contributed by atoms with van der Waals surface area (Å²) in [5.41, 5.74) is 2.79. The van der Waals surface area contributed by atoms with Gasteiger partial charge in [0.2, 0.25) is 0 Å². The van der Waals surface area contributed by atoms with E-state index < -0.39 is 0 Å². The van der Waals surface area contributed by atoms with Crippen LogP contribution in [0.3, 0.4) is 0 Å². The first-order valence-electron chi connectivity index (χ1n) is 14.8. The summed E-state index contributed by atoms with van der Waals surface area (Å²) in [7, 11) is 0. The minimum atomic E-state index is 0.0861. The molecule has 2 heterocycles. The number of nitrogens with zero attached hydrogens (tertiary/aromatic N) is 2. The molecule has 2 aromatic carbocycles. The monoisotopic (exact) mass is 518 g/mol. The summed E-state index contributed by atoms with van der Waals surface area (Å²) in [5.74, 6) is 1.35. The summed E-state index contributed by atoms with van der Waals surface area (Å²) < 4.78 is 0. The van der Waals surface area contributed by atoms with Crippen molar-refractivity contribution in [1.29, 1.82) is 0 Å². The van der Waals surface area contributed by atoms with Gasteiger partial charge in [-0.2, -0.15) is 0 Å². The van der Waals surface area contributed by atoms with Gasteiger partial charge in [0.1, 0.15) is 0 Å². The summed E-state index contributed by atoms with van der Waals surface area (Å²) in [6.07, 6.45) is 10.7. The molecule has 2 fully saturated rings. The van der Waals surface area contributed by atoms with Crippen LogP contribution in [0.4, 0.5) is 9.59 Å². The van der Waals surface area contributed by atoms with Gasteiger partial charge in [-0.05, 0) is 74.3 Å². The van der Waals surface area contributed by atoms with Crippen LogP contribution in [0.5, 0.6) is 0 Å². The average molecular weight is 519 g/mol. The summed E-state index contributed by atoms with van der Waals surface area (Å²) in [4.78, 5) is 28.9. The fourth-order valence-corrected chi connectivity index (χ4v) is 5.79. The Kier molecular flexibility index (Phi) is 11.4. The van der Waals surface area contributed by atoms with Crippen LogP contribution in [-0.2, 0) is 12.8 Å². The molecule has 0 spiro atoms. The second-order valence-corrected chi connectivity index (χ2v) is 11.1. The van der Waals surface area contributed by atoms with Crippen molar-refractivity contribution < 1.29 is 9.59 Å². The molecule has 4 amide bonds. The minimum Gasteiger partial charge on any atom is -0.338 e. The van der Waals surface area contributed by atoms with Crippen molar-refractivity contribution in [2.45, 2.75) is 64.2 Å². The fourth-order valence-electron chi connectivity index (χ4n) is 5.79. The van der Waals surface area contributed by atoms with Gasteiger partial charge in [0.25, 0.3) is 0 Å². The van der Waals surface area contributed by atoms with Gasteiger partial charge in [-0.25, -0.2) is 9.59 Å². The first kappa shape index (κ1) is 28.0. The number of likely N-dealkylation sites (tertiary alicyclic amines) is 2. The Balaban J connectivity index is 0.971. The number of unbranched alkanes of at least 4 members (excludes halogenated alkanes) is 3. The number of nitrogens with one attached hydrogen (secondary N) is 2. The number of amides is 4. The normalized spacial score (nSPS) is 16.8. The van der Waals surface area contributed by atoms with Gasteiger partial charge < -0.3 is 20.4 Å². The Bertz CT molecular complexity index is 872. The highest BCUT2D eigenvalue weighted by Gasteiger charge is 2.23. The zero-order valence-corrected chi connectivity index (χ0v) is 23.0. The van der Waals surface area contributed by atoms with E-state index in [-0.39, 0.29) is 12.1 Å². The molecule has 0 unspecified atom stereocenters. The standard InChI is InChI=1S/C32H46N4O2/c37-31(35-21-15-29(16-22-35)25-27-11-5-3-6-12-27)33-19-9-1-2-10-20-34-32(38)36-23-17-30(18-24-36)26-28-13-7-4-8-14-28/h3-8,11-14,29-30H,1-2,9-10,15-26H2,(H,33,37)(H,34,38). The SMILES string of the molecule is O=C(NCCCCCCNC(=O)N1CCC(Cc2ccccc2)CC1)N1CCC(Cc2ccccc2)CC1. The van der Waals surface area contributed by atoms with Gasteiger partial charge in [-0.15, -0.1) is 0 Å². The van der Waals surface area contributed by atoms with E-state index in [1.807, 2.05) is 9.80 Å². The van der Waals surface area contributed by atoms with Crippen LogP contribution in [0, 0.1) is 11.8 Å². The van der Waals surface area contributed by atoms with Crippen molar-refractivity contribution in [2.75, 3.05) is 39.3 Å². The van der Waals surface area contributed by atoms with E-state index in [0.717, 1.165) is 103 Å². The number of rotatable bonds is 11. The second-order valence-electron chi connectivity index (χ2n) is 11.1. The van der Waals surface area contributed by atoms with Crippen LogP contribution >= 0.6 is 0 Å². The third-order valence-corrected chi connectivity index (χ3v) is 8.19. The van der Waals surface area contributed by atoms with E-state index >= 15 is 0 Å². The highest BCUT2D eigenvalue weighted by atomic mass is 16.2. The van der Waals surface area contributed by atoms with Crippen LogP contribution in [0.25, 0.3) is 0 Å². The third-order valence-electron chi connectivity index (χ3n) is 8.19. The maximum atomic E-state index is 12.5. The molecule has 2 aliphatic heterocycles. The molecular weight excluding hydrogens is 472 g/mol. The van der Waals surface area contributed by atoms with Crippen molar-refractivity contribution >= 4 is 12.1 Å². The Morgan fingerprint density at radius 2 is 0.947 bits per heavy atom. The third kappa shape index (κ3) is 9.38. The molecular formula is C32H46N4O2. The van der Waals surface area contributed by atoms with E-state index in [9.17, 15) is 9.59 Å². The molecule has 0 aliphatic carbocycles. The zero-order chi connectivity index (χ0) is 26.4. The lowest BCUT2D eigenvalue weighted by molar-refractivity contribution is 0.169.